The van der Waals surface area contributed by atoms with Gasteiger partial charge in [0.1, 0.15) is 0 Å². The summed E-state index contributed by atoms with van der Waals surface area (Å²) in [4.78, 5) is 11.7. The minimum Gasteiger partial charge on any atom is -0.348 e. The Kier molecular flexibility index (Phi) is 5.45. The van der Waals surface area contributed by atoms with Gasteiger partial charge in [-0.05, 0) is 31.0 Å². The number of nitrogens with one attached hydrogen (secondary N) is 1. The first-order valence-electron chi connectivity index (χ1n) is 5.86. The van der Waals surface area contributed by atoms with E-state index < -0.39 is 6.04 Å². The molecule has 0 heterocycles. The van der Waals surface area contributed by atoms with Gasteiger partial charge < -0.3 is 11.1 Å². The van der Waals surface area contributed by atoms with Crippen molar-refractivity contribution in [3.63, 3.8) is 0 Å². The number of benzene rings is 1. The van der Waals surface area contributed by atoms with Crippen molar-refractivity contribution in [2.45, 2.75) is 38.8 Å². The molecule has 0 radical (unpaired) electrons. The first kappa shape index (κ1) is 14.0. The van der Waals surface area contributed by atoms with Gasteiger partial charge in [-0.1, -0.05) is 37.1 Å². The summed E-state index contributed by atoms with van der Waals surface area (Å²) >= 11 is 5.81. The fraction of sp³-hybridized carbons (Fsp3) is 0.462. The molecular formula is C13H19ClN2O. The summed E-state index contributed by atoms with van der Waals surface area (Å²) in [5, 5.41) is 3.58. The Morgan fingerprint density at radius 3 is 2.53 bits per heavy atom. The van der Waals surface area contributed by atoms with E-state index in [1.807, 2.05) is 38.1 Å². The van der Waals surface area contributed by atoms with Gasteiger partial charge in [-0.25, -0.2) is 0 Å². The van der Waals surface area contributed by atoms with Crippen LogP contribution >= 0.6 is 11.6 Å². The van der Waals surface area contributed by atoms with Crippen LogP contribution in [0.1, 0.15) is 38.3 Å². The van der Waals surface area contributed by atoms with Crippen LogP contribution in [0.15, 0.2) is 24.3 Å². The van der Waals surface area contributed by atoms with E-state index in [1.54, 1.807) is 0 Å². The molecule has 1 rings (SSSR count). The molecule has 1 aromatic carbocycles. The third-order valence-electron chi connectivity index (χ3n) is 2.67. The number of nitrogens with two attached hydrogens (primary N) is 1. The second kappa shape index (κ2) is 6.62. The van der Waals surface area contributed by atoms with Crippen LogP contribution in [-0.4, -0.2) is 11.9 Å². The number of carbonyl (C=O) groups excluding carboxylic acids is 1. The normalized spacial score (nSPS) is 14.1. The lowest BCUT2D eigenvalue weighted by Crippen LogP contribution is -2.41. The smallest absolute Gasteiger partial charge is 0.237 e. The highest BCUT2D eigenvalue weighted by atomic mass is 35.5. The molecule has 0 saturated heterocycles. The van der Waals surface area contributed by atoms with Crippen molar-refractivity contribution in [3.05, 3.63) is 34.9 Å². The molecule has 0 spiro atoms. The van der Waals surface area contributed by atoms with Crippen LogP contribution in [0.4, 0.5) is 0 Å². The van der Waals surface area contributed by atoms with E-state index in [9.17, 15) is 4.79 Å². The Morgan fingerprint density at radius 2 is 2.00 bits per heavy atom. The molecule has 0 aromatic heterocycles. The van der Waals surface area contributed by atoms with E-state index in [-0.39, 0.29) is 11.9 Å². The molecule has 0 aliphatic carbocycles. The van der Waals surface area contributed by atoms with Gasteiger partial charge in [0.15, 0.2) is 0 Å². The summed E-state index contributed by atoms with van der Waals surface area (Å²) in [6.45, 7) is 3.94. The van der Waals surface area contributed by atoms with E-state index in [4.69, 9.17) is 17.3 Å². The maximum atomic E-state index is 11.7. The predicted molar refractivity (Wildman–Crippen MR) is 70.9 cm³/mol. The first-order chi connectivity index (χ1) is 8.04. The van der Waals surface area contributed by atoms with Crippen molar-refractivity contribution in [1.29, 1.82) is 0 Å². The van der Waals surface area contributed by atoms with Crippen molar-refractivity contribution in [2.75, 3.05) is 0 Å². The van der Waals surface area contributed by atoms with Crippen molar-refractivity contribution in [2.24, 2.45) is 5.73 Å². The van der Waals surface area contributed by atoms with Crippen molar-refractivity contribution in [1.82, 2.24) is 5.32 Å². The molecule has 3 nitrogen and oxygen atoms in total. The van der Waals surface area contributed by atoms with E-state index in [0.29, 0.717) is 11.4 Å². The molecule has 3 N–H and O–H groups in total. The minimum atomic E-state index is -0.422. The summed E-state index contributed by atoms with van der Waals surface area (Å²) in [6.07, 6.45) is 1.61. The van der Waals surface area contributed by atoms with Crippen LogP contribution in [-0.2, 0) is 4.79 Å². The van der Waals surface area contributed by atoms with Gasteiger partial charge in [0, 0.05) is 5.02 Å². The van der Waals surface area contributed by atoms with E-state index >= 15 is 0 Å². The van der Waals surface area contributed by atoms with E-state index in [0.717, 1.165) is 12.0 Å². The second-order valence-corrected chi connectivity index (χ2v) is 4.61. The van der Waals surface area contributed by atoms with Gasteiger partial charge >= 0.3 is 0 Å². The lowest BCUT2D eigenvalue weighted by Gasteiger charge is -2.17. The molecule has 0 aliphatic heterocycles. The maximum absolute atomic E-state index is 11.7. The summed E-state index contributed by atoms with van der Waals surface area (Å²) in [5.41, 5.74) is 6.76. The highest BCUT2D eigenvalue weighted by Gasteiger charge is 2.15. The summed E-state index contributed by atoms with van der Waals surface area (Å²) in [6, 6.07) is 6.95. The van der Waals surface area contributed by atoms with Gasteiger partial charge in [-0.3, -0.25) is 4.79 Å². The molecule has 0 bridgehead atoms. The number of rotatable bonds is 5. The topological polar surface area (TPSA) is 55.1 Å². The Hall–Kier alpha value is -1.06. The SMILES string of the molecule is CCC[C@@H](N)C(=O)N[C@H](C)c1ccc(Cl)cc1. The number of hydrogen-bond acceptors (Lipinski definition) is 2. The molecule has 17 heavy (non-hydrogen) atoms. The number of hydrogen-bond donors (Lipinski definition) is 2. The fourth-order valence-corrected chi connectivity index (χ4v) is 1.72. The Balaban J connectivity index is 2.57. The van der Waals surface area contributed by atoms with Crippen LogP contribution in [0, 0.1) is 0 Å². The minimum absolute atomic E-state index is 0.0531. The van der Waals surface area contributed by atoms with Crippen LogP contribution in [0.5, 0.6) is 0 Å². The molecule has 1 amide bonds. The van der Waals surface area contributed by atoms with Crippen LogP contribution in [0.3, 0.4) is 0 Å². The quantitative estimate of drug-likeness (QED) is 0.849. The lowest BCUT2D eigenvalue weighted by molar-refractivity contribution is -0.123. The van der Waals surface area contributed by atoms with Gasteiger partial charge in [0.25, 0.3) is 0 Å². The summed E-state index contributed by atoms with van der Waals surface area (Å²) in [7, 11) is 0. The maximum Gasteiger partial charge on any atom is 0.237 e. The lowest BCUT2D eigenvalue weighted by atomic mass is 10.1. The largest absolute Gasteiger partial charge is 0.348 e. The van der Waals surface area contributed by atoms with Crippen molar-refractivity contribution in [3.8, 4) is 0 Å². The zero-order valence-corrected chi connectivity index (χ0v) is 11.0. The molecule has 0 saturated carbocycles. The molecule has 4 heteroatoms. The second-order valence-electron chi connectivity index (χ2n) is 4.18. The third kappa shape index (κ3) is 4.36. The van der Waals surface area contributed by atoms with Crippen molar-refractivity contribution < 1.29 is 4.79 Å². The number of halogens is 1. The molecule has 0 aliphatic rings. The van der Waals surface area contributed by atoms with Crippen LogP contribution < -0.4 is 11.1 Å². The van der Waals surface area contributed by atoms with Crippen LogP contribution in [0.25, 0.3) is 0 Å². The summed E-state index contributed by atoms with van der Waals surface area (Å²) in [5.74, 6) is -0.102. The third-order valence-corrected chi connectivity index (χ3v) is 2.92. The first-order valence-corrected chi connectivity index (χ1v) is 6.23. The van der Waals surface area contributed by atoms with E-state index in [1.165, 1.54) is 0 Å². The monoisotopic (exact) mass is 254 g/mol. The fourth-order valence-electron chi connectivity index (χ4n) is 1.60. The van der Waals surface area contributed by atoms with Crippen LogP contribution in [0.2, 0.25) is 5.02 Å². The molecule has 0 fully saturated rings. The standard InChI is InChI=1S/C13H19ClN2O/c1-3-4-12(15)13(17)16-9(2)10-5-7-11(14)8-6-10/h5-9,12H,3-4,15H2,1-2H3,(H,16,17)/t9-,12-/m1/s1. The average molecular weight is 255 g/mol. The van der Waals surface area contributed by atoms with Gasteiger partial charge in [0.2, 0.25) is 5.91 Å². The Bertz CT molecular complexity index is 364. The molecule has 94 valence electrons. The molecule has 2 atom stereocenters. The zero-order chi connectivity index (χ0) is 12.8. The summed E-state index contributed by atoms with van der Waals surface area (Å²) < 4.78 is 0. The van der Waals surface area contributed by atoms with E-state index in [2.05, 4.69) is 5.32 Å². The van der Waals surface area contributed by atoms with Gasteiger partial charge in [-0.15, -0.1) is 0 Å². The number of amides is 1. The average Bonchev–Trinajstić information content (AvgIpc) is 2.30. The Morgan fingerprint density at radius 1 is 1.41 bits per heavy atom. The molecule has 0 unspecified atom stereocenters. The van der Waals surface area contributed by atoms with Crippen molar-refractivity contribution >= 4 is 17.5 Å². The molecule has 1 aromatic rings. The molecular weight excluding hydrogens is 236 g/mol. The predicted octanol–water partition coefficient (Wildman–Crippen LogP) is 2.64. The Labute approximate surface area is 107 Å². The highest BCUT2D eigenvalue weighted by Crippen LogP contribution is 2.16. The van der Waals surface area contributed by atoms with Gasteiger partial charge in [0.05, 0.1) is 12.1 Å². The highest BCUT2D eigenvalue weighted by molar-refractivity contribution is 6.30. The zero-order valence-electron chi connectivity index (χ0n) is 10.2. The van der Waals surface area contributed by atoms with Gasteiger partial charge in [-0.2, -0.15) is 0 Å². The number of carbonyl (C=O) groups is 1.